The summed E-state index contributed by atoms with van der Waals surface area (Å²) in [5, 5.41) is 8.32. The SMILES string of the molecule is O=C(CC1c2ccccc2-c2cnnn21)C1CCC(COCc2ccccc2)CC1. The molecule has 2 aromatic carbocycles. The normalized spacial score (nSPS) is 22.5. The molecule has 154 valence electrons. The van der Waals surface area contributed by atoms with Gasteiger partial charge in [-0.2, -0.15) is 0 Å². The van der Waals surface area contributed by atoms with Crippen molar-refractivity contribution in [2.24, 2.45) is 11.8 Å². The number of carbonyl (C=O) groups is 1. The standard InChI is InChI=1S/C25H27N3O2/c29-25(14-23-21-8-4-5-9-22(21)24-15-26-27-28(23)24)20-12-10-19(11-13-20)17-30-16-18-6-2-1-3-7-18/h1-9,15,19-20,23H,10-14,16-17H2. The Morgan fingerprint density at radius 2 is 1.77 bits per heavy atom. The zero-order valence-electron chi connectivity index (χ0n) is 17.1. The Kier molecular flexibility index (Phi) is 5.45. The first-order valence-electron chi connectivity index (χ1n) is 10.9. The van der Waals surface area contributed by atoms with Crippen LogP contribution in [0.1, 0.15) is 49.3 Å². The molecule has 0 bridgehead atoms. The number of carbonyl (C=O) groups excluding carboxylic acids is 1. The number of hydrogen-bond acceptors (Lipinski definition) is 4. The van der Waals surface area contributed by atoms with Gasteiger partial charge >= 0.3 is 0 Å². The molecule has 1 fully saturated rings. The minimum absolute atomic E-state index is 0.0156. The van der Waals surface area contributed by atoms with Crippen molar-refractivity contribution < 1.29 is 9.53 Å². The van der Waals surface area contributed by atoms with E-state index < -0.39 is 0 Å². The summed E-state index contributed by atoms with van der Waals surface area (Å²) in [6.07, 6.45) is 6.38. The van der Waals surface area contributed by atoms with Crippen LogP contribution in [0.3, 0.4) is 0 Å². The van der Waals surface area contributed by atoms with E-state index in [2.05, 4.69) is 34.6 Å². The number of ether oxygens (including phenoxy) is 1. The molecular formula is C25H27N3O2. The summed E-state index contributed by atoms with van der Waals surface area (Å²) >= 11 is 0. The van der Waals surface area contributed by atoms with Gasteiger partial charge in [0.1, 0.15) is 5.78 Å². The van der Waals surface area contributed by atoms with E-state index in [9.17, 15) is 4.79 Å². The van der Waals surface area contributed by atoms with Crippen LogP contribution in [-0.4, -0.2) is 27.4 Å². The van der Waals surface area contributed by atoms with Gasteiger partial charge in [0.25, 0.3) is 0 Å². The first kappa shape index (κ1) is 19.2. The predicted octanol–water partition coefficient (Wildman–Crippen LogP) is 4.83. The van der Waals surface area contributed by atoms with Gasteiger partial charge in [-0.3, -0.25) is 4.79 Å². The highest BCUT2D eigenvalue weighted by Crippen LogP contribution is 2.41. The van der Waals surface area contributed by atoms with E-state index in [4.69, 9.17) is 4.74 Å². The minimum Gasteiger partial charge on any atom is -0.376 e. The summed E-state index contributed by atoms with van der Waals surface area (Å²) < 4.78 is 7.85. The second-order valence-electron chi connectivity index (χ2n) is 8.56. The molecule has 1 atom stereocenters. The molecule has 1 aliphatic carbocycles. The lowest BCUT2D eigenvalue weighted by atomic mass is 9.79. The number of ketones is 1. The lowest BCUT2D eigenvalue weighted by Crippen LogP contribution is -2.26. The summed E-state index contributed by atoms with van der Waals surface area (Å²) in [5.74, 6) is 1.09. The van der Waals surface area contributed by atoms with Gasteiger partial charge in [0.2, 0.25) is 0 Å². The van der Waals surface area contributed by atoms with Gasteiger partial charge in [-0.1, -0.05) is 59.8 Å². The number of rotatable bonds is 7. The van der Waals surface area contributed by atoms with Crippen LogP contribution in [0.2, 0.25) is 0 Å². The van der Waals surface area contributed by atoms with E-state index in [1.165, 1.54) is 11.1 Å². The Morgan fingerprint density at radius 1 is 1.00 bits per heavy atom. The molecule has 1 unspecified atom stereocenters. The van der Waals surface area contributed by atoms with E-state index in [0.29, 0.717) is 24.7 Å². The van der Waals surface area contributed by atoms with Crippen LogP contribution in [0, 0.1) is 11.8 Å². The smallest absolute Gasteiger partial charge is 0.138 e. The minimum atomic E-state index is -0.0156. The van der Waals surface area contributed by atoms with E-state index >= 15 is 0 Å². The molecule has 0 spiro atoms. The quantitative estimate of drug-likeness (QED) is 0.569. The third-order valence-corrected chi connectivity index (χ3v) is 6.63. The Balaban J connectivity index is 1.14. The Morgan fingerprint density at radius 3 is 2.60 bits per heavy atom. The lowest BCUT2D eigenvalue weighted by Gasteiger charge is -2.28. The molecule has 2 aliphatic rings. The maximum absolute atomic E-state index is 13.1. The van der Waals surface area contributed by atoms with Crippen molar-refractivity contribution >= 4 is 5.78 Å². The second kappa shape index (κ2) is 8.52. The van der Waals surface area contributed by atoms with Crippen LogP contribution in [0.15, 0.2) is 60.8 Å². The van der Waals surface area contributed by atoms with Crippen molar-refractivity contribution in [3.05, 3.63) is 71.9 Å². The summed E-state index contributed by atoms with van der Waals surface area (Å²) in [5.41, 5.74) is 4.58. The van der Waals surface area contributed by atoms with Crippen molar-refractivity contribution in [1.82, 2.24) is 15.0 Å². The largest absolute Gasteiger partial charge is 0.376 e. The third kappa shape index (κ3) is 3.82. The van der Waals surface area contributed by atoms with Gasteiger partial charge in [0, 0.05) is 24.5 Å². The molecule has 5 rings (SSSR count). The number of Topliss-reactive ketones (excluding diaryl/α,β-unsaturated/α-hetero) is 1. The Labute approximate surface area is 177 Å². The molecule has 5 nitrogen and oxygen atoms in total. The monoisotopic (exact) mass is 401 g/mol. The molecule has 0 amide bonds. The number of hydrogen-bond donors (Lipinski definition) is 0. The van der Waals surface area contributed by atoms with Gasteiger partial charge in [-0.15, -0.1) is 5.10 Å². The average Bonchev–Trinajstić information content (AvgIpc) is 3.38. The fourth-order valence-corrected chi connectivity index (χ4v) is 4.94. The maximum Gasteiger partial charge on any atom is 0.138 e. The molecular weight excluding hydrogens is 374 g/mol. The first-order valence-corrected chi connectivity index (χ1v) is 10.9. The fourth-order valence-electron chi connectivity index (χ4n) is 4.94. The number of nitrogens with zero attached hydrogens (tertiary/aromatic N) is 3. The van der Waals surface area contributed by atoms with Crippen molar-refractivity contribution in [2.45, 2.75) is 44.8 Å². The molecule has 1 aliphatic heterocycles. The second-order valence-corrected chi connectivity index (χ2v) is 8.56. The van der Waals surface area contributed by atoms with E-state index in [0.717, 1.165) is 43.5 Å². The Hall–Kier alpha value is -2.79. The molecule has 3 aromatic rings. The molecule has 1 aromatic heterocycles. The fraction of sp³-hybridized carbons (Fsp3) is 0.400. The Bertz CT molecular complexity index is 1010. The molecule has 0 N–H and O–H groups in total. The number of benzene rings is 2. The van der Waals surface area contributed by atoms with Crippen LogP contribution >= 0.6 is 0 Å². The number of aromatic nitrogens is 3. The molecule has 5 heteroatoms. The van der Waals surface area contributed by atoms with Crippen molar-refractivity contribution in [3.63, 3.8) is 0 Å². The van der Waals surface area contributed by atoms with Gasteiger partial charge in [0.15, 0.2) is 0 Å². The first-order chi connectivity index (χ1) is 14.8. The van der Waals surface area contributed by atoms with Gasteiger partial charge in [0.05, 0.1) is 24.5 Å². The van der Waals surface area contributed by atoms with Crippen molar-refractivity contribution in [2.75, 3.05) is 6.61 Å². The van der Waals surface area contributed by atoms with E-state index in [1.807, 2.05) is 35.0 Å². The summed E-state index contributed by atoms with van der Waals surface area (Å²) in [7, 11) is 0. The van der Waals surface area contributed by atoms with Crippen LogP contribution < -0.4 is 0 Å². The zero-order chi connectivity index (χ0) is 20.3. The van der Waals surface area contributed by atoms with Crippen LogP contribution in [-0.2, 0) is 16.1 Å². The lowest BCUT2D eigenvalue weighted by molar-refractivity contribution is -0.124. The highest BCUT2D eigenvalue weighted by Gasteiger charge is 2.34. The molecule has 2 heterocycles. The van der Waals surface area contributed by atoms with Crippen LogP contribution in [0.25, 0.3) is 11.3 Å². The van der Waals surface area contributed by atoms with Gasteiger partial charge in [-0.05, 0) is 42.7 Å². The summed E-state index contributed by atoms with van der Waals surface area (Å²) in [4.78, 5) is 13.1. The zero-order valence-corrected chi connectivity index (χ0v) is 17.1. The van der Waals surface area contributed by atoms with Crippen LogP contribution in [0.4, 0.5) is 0 Å². The average molecular weight is 402 g/mol. The molecule has 1 saturated carbocycles. The van der Waals surface area contributed by atoms with Gasteiger partial charge < -0.3 is 4.74 Å². The van der Waals surface area contributed by atoms with Crippen molar-refractivity contribution in [1.29, 1.82) is 0 Å². The summed E-state index contributed by atoms with van der Waals surface area (Å²) in [6, 6.07) is 18.6. The molecule has 0 saturated heterocycles. The highest BCUT2D eigenvalue weighted by molar-refractivity contribution is 5.83. The van der Waals surface area contributed by atoms with Gasteiger partial charge in [-0.25, -0.2) is 4.68 Å². The maximum atomic E-state index is 13.1. The molecule has 30 heavy (non-hydrogen) atoms. The predicted molar refractivity (Wildman–Crippen MR) is 115 cm³/mol. The highest BCUT2D eigenvalue weighted by atomic mass is 16.5. The third-order valence-electron chi connectivity index (χ3n) is 6.63. The number of fused-ring (bicyclic) bond motifs is 3. The van der Waals surface area contributed by atoms with E-state index in [1.54, 1.807) is 6.20 Å². The summed E-state index contributed by atoms with van der Waals surface area (Å²) in [6.45, 7) is 1.45. The van der Waals surface area contributed by atoms with Crippen molar-refractivity contribution in [3.8, 4) is 11.3 Å². The molecule has 0 radical (unpaired) electrons. The van der Waals surface area contributed by atoms with E-state index in [-0.39, 0.29) is 12.0 Å². The topological polar surface area (TPSA) is 57.0 Å². The van der Waals surface area contributed by atoms with Crippen LogP contribution in [0.5, 0.6) is 0 Å².